The van der Waals surface area contributed by atoms with Gasteiger partial charge in [-0.25, -0.2) is 4.79 Å². The van der Waals surface area contributed by atoms with Crippen LogP contribution in [0.3, 0.4) is 0 Å². The molecule has 9 nitrogen and oxygen atoms in total. The standard InChI is InChI=1S/C21H24N2O7S/c1-16-5-11-20(12-6-16)31(27,28)30-15-19-4-2-3-13-22(19)21(24)29-14-17-7-9-18(10-8-17)23(25)26/h5-12,19H,2-4,13-15H2,1H3. The molecular formula is C21H24N2O7S. The quantitative estimate of drug-likeness (QED) is 0.359. The van der Waals surface area contributed by atoms with Crippen molar-refractivity contribution < 1.29 is 27.1 Å². The van der Waals surface area contributed by atoms with Crippen molar-refractivity contribution in [1.82, 2.24) is 4.90 Å². The fourth-order valence-electron chi connectivity index (χ4n) is 3.30. The maximum absolute atomic E-state index is 12.6. The molecule has 1 heterocycles. The molecule has 1 aliphatic rings. The molecule has 31 heavy (non-hydrogen) atoms. The Labute approximate surface area is 180 Å². The van der Waals surface area contributed by atoms with Crippen molar-refractivity contribution in [2.45, 2.75) is 43.7 Å². The van der Waals surface area contributed by atoms with Gasteiger partial charge < -0.3 is 9.64 Å². The summed E-state index contributed by atoms with van der Waals surface area (Å²) in [6.07, 6.45) is 1.67. The minimum absolute atomic E-state index is 0.0391. The third-order valence-corrected chi connectivity index (χ3v) is 6.39. The molecule has 10 heteroatoms. The zero-order valence-electron chi connectivity index (χ0n) is 17.1. The van der Waals surface area contributed by atoms with Crippen LogP contribution in [0, 0.1) is 17.0 Å². The number of rotatable bonds is 7. The lowest BCUT2D eigenvalue weighted by Crippen LogP contribution is -2.46. The van der Waals surface area contributed by atoms with Gasteiger partial charge in [-0.05, 0) is 56.0 Å². The number of nitro benzene ring substituents is 1. The van der Waals surface area contributed by atoms with E-state index in [1.807, 2.05) is 6.92 Å². The fourth-order valence-corrected chi connectivity index (χ4v) is 4.24. The van der Waals surface area contributed by atoms with Gasteiger partial charge in [-0.2, -0.15) is 8.42 Å². The smallest absolute Gasteiger partial charge is 0.410 e. The largest absolute Gasteiger partial charge is 0.445 e. The molecule has 166 valence electrons. The van der Waals surface area contributed by atoms with E-state index in [9.17, 15) is 23.3 Å². The van der Waals surface area contributed by atoms with E-state index in [0.29, 0.717) is 18.5 Å². The van der Waals surface area contributed by atoms with Gasteiger partial charge >= 0.3 is 6.09 Å². The lowest BCUT2D eigenvalue weighted by atomic mass is 10.0. The second-order valence-electron chi connectivity index (χ2n) is 7.37. The Morgan fingerprint density at radius 2 is 1.81 bits per heavy atom. The van der Waals surface area contributed by atoms with E-state index < -0.39 is 27.2 Å². The number of hydrogen-bond acceptors (Lipinski definition) is 7. The number of nitrogens with zero attached hydrogens (tertiary/aromatic N) is 2. The van der Waals surface area contributed by atoms with E-state index in [-0.39, 0.29) is 23.8 Å². The number of amides is 1. The van der Waals surface area contributed by atoms with Crippen molar-refractivity contribution in [2.24, 2.45) is 0 Å². The molecule has 0 saturated carbocycles. The molecule has 0 radical (unpaired) electrons. The maximum Gasteiger partial charge on any atom is 0.410 e. The predicted octanol–water partition coefficient (Wildman–Crippen LogP) is 3.80. The summed E-state index contributed by atoms with van der Waals surface area (Å²) in [5, 5.41) is 10.7. The zero-order chi connectivity index (χ0) is 22.4. The molecule has 1 aliphatic heterocycles. The Morgan fingerprint density at radius 1 is 1.13 bits per heavy atom. The first-order chi connectivity index (χ1) is 14.8. The highest BCUT2D eigenvalue weighted by molar-refractivity contribution is 7.86. The summed E-state index contributed by atoms with van der Waals surface area (Å²) in [4.78, 5) is 24.4. The molecule has 0 bridgehead atoms. The van der Waals surface area contributed by atoms with Crippen LogP contribution in [0.15, 0.2) is 53.4 Å². The highest BCUT2D eigenvalue weighted by Crippen LogP contribution is 2.21. The highest BCUT2D eigenvalue weighted by Gasteiger charge is 2.30. The second-order valence-corrected chi connectivity index (χ2v) is 8.99. The van der Waals surface area contributed by atoms with E-state index in [4.69, 9.17) is 8.92 Å². The summed E-state index contributed by atoms with van der Waals surface area (Å²) < 4.78 is 35.5. The number of ether oxygens (including phenoxy) is 1. The number of hydrogen-bond donors (Lipinski definition) is 0. The van der Waals surface area contributed by atoms with Crippen LogP contribution in [-0.2, 0) is 25.6 Å². The molecule has 1 atom stereocenters. The average molecular weight is 448 g/mol. The molecule has 3 rings (SSSR count). The fraction of sp³-hybridized carbons (Fsp3) is 0.381. The van der Waals surface area contributed by atoms with E-state index in [2.05, 4.69) is 0 Å². The molecule has 0 aromatic heterocycles. The van der Waals surface area contributed by atoms with Gasteiger partial charge in [0.1, 0.15) is 6.61 Å². The minimum atomic E-state index is -3.93. The third-order valence-electron chi connectivity index (χ3n) is 5.10. The molecule has 0 aliphatic carbocycles. The zero-order valence-corrected chi connectivity index (χ0v) is 17.9. The van der Waals surface area contributed by atoms with E-state index in [1.165, 1.54) is 41.3 Å². The van der Waals surface area contributed by atoms with E-state index in [0.717, 1.165) is 18.4 Å². The Hall–Kier alpha value is -2.98. The van der Waals surface area contributed by atoms with Crippen molar-refractivity contribution in [1.29, 1.82) is 0 Å². The molecule has 1 unspecified atom stereocenters. The molecule has 2 aromatic rings. The van der Waals surface area contributed by atoms with Gasteiger partial charge in [0.15, 0.2) is 0 Å². The summed E-state index contributed by atoms with van der Waals surface area (Å²) in [5.41, 5.74) is 1.51. The lowest BCUT2D eigenvalue weighted by Gasteiger charge is -2.34. The van der Waals surface area contributed by atoms with Gasteiger partial charge in [-0.3, -0.25) is 14.3 Å². The van der Waals surface area contributed by atoms with Crippen molar-refractivity contribution in [2.75, 3.05) is 13.2 Å². The van der Waals surface area contributed by atoms with Crippen LogP contribution < -0.4 is 0 Å². The highest BCUT2D eigenvalue weighted by atomic mass is 32.2. The number of piperidine rings is 1. The van der Waals surface area contributed by atoms with Gasteiger partial charge in [0, 0.05) is 18.7 Å². The number of carbonyl (C=O) groups excluding carboxylic acids is 1. The van der Waals surface area contributed by atoms with Crippen LogP contribution in [0.2, 0.25) is 0 Å². The number of non-ortho nitro benzene ring substituents is 1. The Kier molecular flexibility index (Phi) is 7.24. The number of benzene rings is 2. The first-order valence-electron chi connectivity index (χ1n) is 9.89. The minimum Gasteiger partial charge on any atom is -0.445 e. The number of aryl methyl sites for hydroxylation is 1. The number of likely N-dealkylation sites (tertiary alicyclic amines) is 1. The molecule has 0 N–H and O–H groups in total. The Morgan fingerprint density at radius 3 is 2.45 bits per heavy atom. The molecule has 2 aromatic carbocycles. The van der Waals surface area contributed by atoms with Crippen molar-refractivity contribution >= 4 is 21.9 Å². The first-order valence-corrected chi connectivity index (χ1v) is 11.3. The normalized spacial score (nSPS) is 16.7. The van der Waals surface area contributed by atoms with E-state index in [1.54, 1.807) is 12.1 Å². The van der Waals surface area contributed by atoms with Gasteiger partial charge in [-0.15, -0.1) is 0 Å². The molecule has 0 spiro atoms. The van der Waals surface area contributed by atoms with Gasteiger partial charge in [0.25, 0.3) is 15.8 Å². The van der Waals surface area contributed by atoms with Gasteiger partial charge in [0.2, 0.25) is 0 Å². The number of nitro groups is 1. The van der Waals surface area contributed by atoms with Crippen LogP contribution in [0.5, 0.6) is 0 Å². The summed E-state index contributed by atoms with van der Waals surface area (Å²) in [5.74, 6) is 0. The van der Waals surface area contributed by atoms with Crippen LogP contribution in [-0.4, -0.2) is 43.5 Å². The molecule has 1 amide bonds. The topological polar surface area (TPSA) is 116 Å². The van der Waals surface area contributed by atoms with Crippen molar-refractivity contribution in [3.63, 3.8) is 0 Å². The molecular weight excluding hydrogens is 424 g/mol. The average Bonchev–Trinajstić information content (AvgIpc) is 2.77. The van der Waals surface area contributed by atoms with Crippen molar-refractivity contribution in [3.8, 4) is 0 Å². The van der Waals surface area contributed by atoms with Crippen LogP contribution in [0.1, 0.15) is 30.4 Å². The van der Waals surface area contributed by atoms with Crippen LogP contribution in [0.25, 0.3) is 0 Å². The second kappa shape index (κ2) is 9.88. The van der Waals surface area contributed by atoms with Crippen molar-refractivity contribution in [3.05, 3.63) is 69.8 Å². The summed E-state index contributed by atoms with van der Waals surface area (Å²) in [6, 6.07) is 11.7. The Bertz CT molecular complexity index is 1020. The summed E-state index contributed by atoms with van der Waals surface area (Å²) in [7, 11) is -3.93. The third kappa shape index (κ3) is 6.02. The Balaban J connectivity index is 1.58. The number of carbonyl (C=O) groups is 1. The summed E-state index contributed by atoms with van der Waals surface area (Å²) >= 11 is 0. The van der Waals surface area contributed by atoms with Crippen LogP contribution >= 0.6 is 0 Å². The van der Waals surface area contributed by atoms with Gasteiger partial charge in [0.05, 0.1) is 22.5 Å². The summed E-state index contributed by atoms with van der Waals surface area (Å²) in [6.45, 7) is 2.11. The maximum atomic E-state index is 12.6. The predicted molar refractivity (Wildman–Crippen MR) is 112 cm³/mol. The van der Waals surface area contributed by atoms with E-state index >= 15 is 0 Å². The lowest BCUT2D eigenvalue weighted by molar-refractivity contribution is -0.384. The monoisotopic (exact) mass is 448 g/mol. The van der Waals surface area contributed by atoms with Crippen LogP contribution in [0.4, 0.5) is 10.5 Å². The molecule has 1 fully saturated rings. The van der Waals surface area contributed by atoms with Gasteiger partial charge in [-0.1, -0.05) is 17.7 Å². The SMILES string of the molecule is Cc1ccc(S(=O)(=O)OCC2CCCCN2C(=O)OCc2ccc([N+](=O)[O-])cc2)cc1. The first kappa shape index (κ1) is 22.7. The molecule has 1 saturated heterocycles.